The molecule has 32 heavy (non-hydrogen) atoms. The van der Waals surface area contributed by atoms with Crippen LogP contribution in [-0.4, -0.2) is 74.3 Å². The van der Waals surface area contributed by atoms with Crippen molar-refractivity contribution >= 4 is 33.3 Å². The number of rotatable bonds is 6. The SMILES string of the molecule is OC[C@H]1C[C@@H](Nc2nc(NC3CCCNC3)ncc2-c2nc3ccccc3s2)[C@H](O)[C@@H]1O. The van der Waals surface area contributed by atoms with Gasteiger partial charge in [0.2, 0.25) is 5.95 Å². The molecule has 170 valence electrons. The Morgan fingerprint density at radius 2 is 2.00 bits per heavy atom. The Balaban J connectivity index is 1.47. The highest BCUT2D eigenvalue weighted by molar-refractivity contribution is 7.21. The lowest BCUT2D eigenvalue weighted by Crippen LogP contribution is -2.39. The molecule has 2 fully saturated rings. The molecule has 1 aromatic carbocycles. The molecule has 0 amide bonds. The van der Waals surface area contributed by atoms with Gasteiger partial charge in [-0.15, -0.1) is 11.3 Å². The van der Waals surface area contributed by atoms with E-state index >= 15 is 0 Å². The molecule has 0 spiro atoms. The minimum absolute atomic E-state index is 0.174. The van der Waals surface area contributed by atoms with Crippen LogP contribution in [0.4, 0.5) is 11.8 Å². The second-order valence-electron chi connectivity index (χ2n) is 8.54. The number of nitrogens with one attached hydrogen (secondary N) is 3. The Kier molecular flexibility index (Phi) is 6.20. The molecule has 1 aliphatic carbocycles. The van der Waals surface area contributed by atoms with Gasteiger partial charge in [0.15, 0.2) is 0 Å². The first-order chi connectivity index (χ1) is 15.6. The molecule has 3 heterocycles. The van der Waals surface area contributed by atoms with Crippen LogP contribution in [0.15, 0.2) is 30.5 Å². The van der Waals surface area contributed by atoms with E-state index in [4.69, 9.17) is 9.97 Å². The molecule has 2 aliphatic rings. The number of benzene rings is 1. The van der Waals surface area contributed by atoms with Gasteiger partial charge in [-0.2, -0.15) is 4.98 Å². The van der Waals surface area contributed by atoms with Crippen molar-refractivity contribution in [1.82, 2.24) is 20.3 Å². The molecule has 1 aliphatic heterocycles. The maximum absolute atomic E-state index is 10.5. The third-order valence-electron chi connectivity index (χ3n) is 6.30. The van der Waals surface area contributed by atoms with Crippen molar-refractivity contribution in [2.45, 2.75) is 43.6 Å². The molecule has 0 bridgehead atoms. The van der Waals surface area contributed by atoms with E-state index in [1.54, 1.807) is 17.5 Å². The first-order valence-corrected chi connectivity index (χ1v) is 11.9. The van der Waals surface area contributed by atoms with Crippen molar-refractivity contribution in [2.24, 2.45) is 5.92 Å². The van der Waals surface area contributed by atoms with E-state index in [1.807, 2.05) is 24.3 Å². The summed E-state index contributed by atoms with van der Waals surface area (Å²) >= 11 is 1.56. The summed E-state index contributed by atoms with van der Waals surface area (Å²) in [5.41, 5.74) is 1.65. The van der Waals surface area contributed by atoms with Crippen LogP contribution in [-0.2, 0) is 0 Å². The summed E-state index contributed by atoms with van der Waals surface area (Å²) in [6.07, 6.45) is 2.37. The van der Waals surface area contributed by atoms with Crippen LogP contribution in [0.5, 0.6) is 0 Å². The van der Waals surface area contributed by atoms with Gasteiger partial charge in [-0.25, -0.2) is 9.97 Å². The van der Waals surface area contributed by atoms with E-state index in [1.165, 1.54) is 0 Å². The van der Waals surface area contributed by atoms with Gasteiger partial charge >= 0.3 is 0 Å². The quantitative estimate of drug-likeness (QED) is 0.326. The number of piperidine rings is 1. The normalized spacial score (nSPS) is 28.2. The second kappa shape index (κ2) is 9.24. The highest BCUT2D eigenvalue weighted by Crippen LogP contribution is 2.36. The molecule has 6 N–H and O–H groups in total. The van der Waals surface area contributed by atoms with E-state index in [2.05, 4.69) is 20.9 Å². The van der Waals surface area contributed by atoms with Gasteiger partial charge < -0.3 is 31.3 Å². The van der Waals surface area contributed by atoms with E-state index in [-0.39, 0.29) is 18.6 Å². The highest BCUT2D eigenvalue weighted by Gasteiger charge is 2.41. The number of aliphatic hydroxyl groups excluding tert-OH is 3. The molecule has 10 heteroatoms. The number of aromatic nitrogens is 3. The standard InChI is InChI=1S/C22H28N6O3S/c29-11-12-8-16(19(31)18(12)30)26-20-14(21-27-15-5-1-2-6-17(15)32-21)10-24-22(28-20)25-13-4-3-7-23-9-13/h1-2,5-6,10,12-13,16,18-19,23,29-31H,3-4,7-9,11H2,(H2,24,25,26,28)/t12-,13?,16-,18-,19+/m1/s1. The van der Waals surface area contributed by atoms with Crippen molar-refractivity contribution in [3.05, 3.63) is 30.5 Å². The zero-order valence-electron chi connectivity index (χ0n) is 17.6. The number of aliphatic hydroxyl groups is 3. The molecule has 1 saturated carbocycles. The zero-order valence-corrected chi connectivity index (χ0v) is 18.4. The van der Waals surface area contributed by atoms with Crippen LogP contribution in [0.2, 0.25) is 0 Å². The highest BCUT2D eigenvalue weighted by atomic mass is 32.1. The number of hydrogen-bond acceptors (Lipinski definition) is 10. The predicted molar refractivity (Wildman–Crippen MR) is 125 cm³/mol. The van der Waals surface area contributed by atoms with Gasteiger partial charge in [0.05, 0.1) is 27.9 Å². The lowest BCUT2D eigenvalue weighted by Gasteiger charge is -2.24. The zero-order chi connectivity index (χ0) is 22.1. The van der Waals surface area contributed by atoms with Gasteiger partial charge in [0.1, 0.15) is 16.9 Å². The monoisotopic (exact) mass is 456 g/mol. The summed E-state index contributed by atoms with van der Waals surface area (Å²) in [5, 5.41) is 41.2. The predicted octanol–water partition coefficient (Wildman–Crippen LogP) is 1.43. The lowest BCUT2D eigenvalue weighted by atomic mass is 10.1. The van der Waals surface area contributed by atoms with Crippen molar-refractivity contribution in [3.8, 4) is 10.6 Å². The third kappa shape index (κ3) is 4.28. The fourth-order valence-corrected chi connectivity index (χ4v) is 5.46. The van der Waals surface area contributed by atoms with Crippen LogP contribution in [0.3, 0.4) is 0 Å². The van der Waals surface area contributed by atoms with Gasteiger partial charge in [-0.05, 0) is 37.9 Å². The topological polar surface area (TPSA) is 135 Å². The largest absolute Gasteiger partial charge is 0.396 e. The Hall–Kier alpha value is -2.37. The number of para-hydroxylation sites is 1. The van der Waals surface area contributed by atoms with Crippen LogP contribution in [0.1, 0.15) is 19.3 Å². The average molecular weight is 457 g/mol. The van der Waals surface area contributed by atoms with Crippen molar-refractivity contribution in [2.75, 3.05) is 30.3 Å². The van der Waals surface area contributed by atoms with Crippen molar-refractivity contribution in [3.63, 3.8) is 0 Å². The summed E-state index contributed by atoms with van der Waals surface area (Å²) in [5.74, 6) is 0.694. The molecular formula is C22H28N6O3S. The number of nitrogens with zero attached hydrogens (tertiary/aromatic N) is 3. The molecule has 9 nitrogen and oxygen atoms in total. The van der Waals surface area contributed by atoms with Crippen molar-refractivity contribution < 1.29 is 15.3 Å². The first-order valence-electron chi connectivity index (χ1n) is 11.1. The molecule has 1 unspecified atom stereocenters. The Bertz CT molecular complexity index is 1040. The number of anilines is 2. The van der Waals surface area contributed by atoms with Crippen LogP contribution in [0, 0.1) is 5.92 Å². The van der Waals surface area contributed by atoms with E-state index in [0.29, 0.717) is 18.2 Å². The fourth-order valence-electron chi connectivity index (χ4n) is 4.49. The maximum atomic E-state index is 10.5. The summed E-state index contributed by atoms with van der Waals surface area (Å²) in [7, 11) is 0. The van der Waals surface area contributed by atoms with Crippen molar-refractivity contribution in [1.29, 1.82) is 0 Å². The Morgan fingerprint density at radius 3 is 2.75 bits per heavy atom. The van der Waals surface area contributed by atoms with E-state index in [0.717, 1.165) is 46.7 Å². The summed E-state index contributed by atoms with van der Waals surface area (Å²) in [6, 6.07) is 7.75. The molecule has 5 atom stereocenters. The van der Waals surface area contributed by atoms with Gasteiger partial charge in [-0.1, -0.05) is 12.1 Å². The molecule has 5 rings (SSSR count). The third-order valence-corrected chi connectivity index (χ3v) is 7.37. The van der Waals surface area contributed by atoms with Crippen LogP contribution < -0.4 is 16.0 Å². The minimum Gasteiger partial charge on any atom is -0.396 e. The number of hydrogen-bond donors (Lipinski definition) is 6. The maximum Gasteiger partial charge on any atom is 0.224 e. The first kappa shape index (κ1) is 21.5. The molecule has 1 saturated heterocycles. The minimum atomic E-state index is -0.996. The van der Waals surface area contributed by atoms with E-state index in [9.17, 15) is 15.3 Å². The summed E-state index contributed by atoms with van der Waals surface area (Å²) < 4.78 is 1.07. The number of fused-ring (bicyclic) bond motifs is 1. The van der Waals surface area contributed by atoms with E-state index < -0.39 is 18.2 Å². The average Bonchev–Trinajstić information content (AvgIpc) is 3.36. The second-order valence-corrected chi connectivity index (χ2v) is 9.57. The molecule has 2 aromatic heterocycles. The molecular weight excluding hydrogens is 428 g/mol. The van der Waals surface area contributed by atoms with Crippen LogP contribution >= 0.6 is 11.3 Å². The van der Waals surface area contributed by atoms with Gasteiger partial charge in [0.25, 0.3) is 0 Å². The van der Waals surface area contributed by atoms with Gasteiger partial charge in [0, 0.05) is 31.3 Å². The Labute approximate surface area is 190 Å². The fraction of sp³-hybridized carbons (Fsp3) is 0.500. The number of thiazole rings is 1. The Morgan fingerprint density at radius 1 is 1.12 bits per heavy atom. The smallest absolute Gasteiger partial charge is 0.224 e. The summed E-state index contributed by atoms with van der Waals surface area (Å²) in [4.78, 5) is 14.0. The summed E-state index contributed by atoms with van der Waals surface area (Å²) in [6.45, 7) is 1.71. The lowest BCUT2D eigenvalue weighted by molar-refractivity contribution is 0.00446. The molecule has 0 radical (unpaired) electrons. The van der Waals surface area contributed by atoms with Crippen LogP contribution in [0.25, 0.3) is 20.8 Å². The molecule has 3 aromatic rings. The van der Waals surface area contributed by atoms with Gasteiger partial charge in [-0.3, -0.25) is 0 Å².